The van der Waals surface area contributed by atoms with Crippen molar-refractivity contribution in [2.45, 2.75) is 39.5 Å². The van der Waals surface area contributed by atoms with Crippen molar-refractivity contribution >= 4 is 11.5 Å². The normalized spacial score (nSPS) is 23.7. The second-order valence-electron chi connectivity index (χ2n) is 5.72. The van der Waals surface area contributed by atoms with E-state index in [4.69, 9.17) is 0 Å². The molecule has 0 bridgehead atoms. The summed E-state index contributed by atoms with van der Waals surface area (Å²) < 4.78 is 1.97. The summed E-state index contributed by atoms with van der Waals surface area (Å²) in [6.07, 6.45) is 9.06. The molecule has 1 N–H and O–H groups in total. The number of fused-ring (bicyclic) bond motifs is 1. The van der Waals surface area contributed by atoms with Crippen LogP contribution in [0, 0.1) is 18.8 Å². The van der Waals surface area contributed by atoms with Crippen molar-refractivity contribution in [1.29, 1.82) is 0 Å². The summed E-state index contributed by atoms with van der Waals surface area (Å²) in [5.74, 6) is 3.41. The molecule has 2 heterocycles. The molecular formula is C14H21N5. The van der Waals surface area contributed by atoms with Gasteiger partial charge in [-0.15, -0.1) is 10.2 Å². The molecule has 1 saturated carbocycles. The fourth-order valence-corrected chi connectivity index (χ4v) is 2.84. The smallest absolute Gasteiger partial charge is 0.203 e. The van der Waals surface area contributed by atoms with Gasteiger partial charge in [0.25, 0.3) is 0 Å². The molecule has 2 aromatic rings. The van der Waals surface area contributed by atoms with Crippen LogP contribution in [0.2, 0.25) is 0 Å². The average molecular weight is 259 g/mol. The lowest BCUT2D eigenvalue weighted by Gasteiger charge is -2.26. The van der Waals surface area contributed by atoms with Crippen LogP contribution in [0.5, 0.6) is 0 Å². The number of hydrogen-bond donors (Lipinski definition) is 1. The maximum atomic E-state index is 4.39. The van der Waals surface area contributed by atoms with Crippen molar-refractivity contribution in [1.82, 2.24) is 19.6 Å². The molecule has 1 aliphatic rings. The van der Waals surface area contributed by atoms with Gasteiger partial charge in [-0.2, -0.15) is 0 Å². The van der Waals surface area contributed by atoms with E-state index in [9.17, 15) is 0 Å². The first-order chi connectivity index (χ1) is 9.24. The lowest BCUT2D eigenvalue weighted by molar-refractivity contribution is 0.300. The summed E-state index contributed by atoms with van der Waals surface area (Å²) in [7, 11) is 0. The van der Waals surface area contributed by atoms with Gasteiger partial charge in [0, 0.05) is 18.9 Å². The van der Waals surface area contributed by atoms with Crippen molar-refractivity contribution in [2.24, 2.45) is 11.8 Å². The predicted octanol–water partition coefficient (Wildman–Crippen LogP) is 2.67. The average Bonchev–Trinajstić information content (AvgIpc) is 2.81. The van der Waals surface area contributed by atoms with Gasteiger partial charge >= 0.3 is 0 Å². The Morgan fingerprint density at radius 1 is 1.26 bits per heavy atom. The van der Waals surface area contributed by atoms with Gasteiger partial charge in [-0.05, 0) is 31.6 Å². The van der Waals surface area contributed by atoms with Crippen molar-refractivity contribution in [3.63, 3.8) is 0 Å². The van der Waals surface area contributed by atoms with E-state index in [1.54, 1.807) is 6.20 Å². The van der Waals surface area contributed by atoms with E-state index in [0.717, 1.165) is 35.7 Å². The van der Waals surface area contributed by atoms with Gasteiger partial charge in [-0.25, -0.2) is 4.98 Å². The highest BCUT2D eigenvalue weighted by Gasteiger charge is 2.18. The van der Waals surface area contributed by atoms with Gasteiger partial charge in [-0.1, -0.05) is 19.8 Å². The maximum Gasteiger partial charge on any atom is 0.203 e. The third-order valence-electron chi connectivity index (χ3n) is 4.19. The topological polar surface area (TPSA) is 55.1 Å². The summed E-state index contributed by atoms with van der Waals surface area (Å²) in [5, 5.41) is 11.7. The summed E-state index contributed by atoms with van der Waals surface area (Å²) in [6.45, 7) is 5.29. The molecule has 0 aromatic carbocycles. The highest BCUT2D eigenvalue weighted by molar-refractivity contribution is 5.61. The Morgan fingerprint density at radius 3 is 2.84 bits per heavy atom. The molecule has 1 aliphatic carbocycles. The maximum absolute atomic E-state index is 4.39. The fourth-order valence-electron chi connectivity index (χ4n) is 2.84. The van der Waals surface area contributed by atoms with Gasteiger partial charge in [-0.3, -0.25) is 4.40 Å². The number of aryl methyl sites for hydroxylation is 1. The Balaban J connectivity index is 1.68. The molecule has 0 saturated heterocycles. The van der Waals surface area contributed by atoms with E-state index in [0.29, 0.717) is 0 Å². The lowest BCUT2D eigenvalue weighted by Crippen LogP contribution is -2.20. The number of rotatable bonds is 3. The summed E-state index contributed by atoms with van der Waals surface area (Å²) in [5.41, 5.74) is 0.823. The first-order valence-corrected chi connectivity index (χ1v) is 7.14. The quantitative estimate of drug-likeness (QED) is 0.920. The van der Waals surface area contributed by atoms with Gasteiger partial charge in [0.15, 0.2) is 5.82 Å². The van der Waals surface area contributed by atoms with Crippen LogP contribution in [-0.2, 0) is 0 Å². The van der Waals surface area contributed by atoms with E-state index in [2.05, 4.69) is 27.4 Å². The Morgan fingerprint density at radius 2 is 2.05 bits per heavy atom. The Kier molecular flexibility index (Phi) is 3.36. The zero-order chi connectivity index (χ0) is 13.2. The Hall–Kier alpha value is -1.65. The molecule has 0 unspecified atom stereocenters. The molecule has 0 aliphatic heterocycles. The molecular weight excluding hydrogens is 238 g/mol. The molecule has 0 amide bonds. The third kappa shape index (κ3) is 2.55. The SMILES string of the molecule is Cc1nnc2c(NCC3CCC(C)CC3)nccn12. The molecule has 2 aromatic heterocycles. The largest absolute Gasteiger partial charge is 0.367 e. The van der Waals surface area contributed by atoms with Crippen LogP contribution in [0.25, 0.3) is 5.65 Å². The Labute approximate surface area is 113 Å². The Bertz CT molecular complexity index is 554. The van der Waals surface area contributed by atoms with Gasteiger partial charge < -0.3 is 5.32 Å². The van der Waals surface area contributed by atoms with Crippen LogP contribution >= 0.6 is 0 Å². The predicted molar refractivity (Wildman–Crippen MR) is 75.1 cm³/mol. The van der Waals surface area contributed by atoms with E-state index < -0.39 is 0 Å². The number of aromatic nitrogens is 4. The van der Waals surface area contributed by atoms with Crippen molar-refractivity contribution in [3.05, 3.63) is 18.2 Å². The van der Waals surface area contributed by atoms with Crippen molar-refractivity contribution < 1.29 is 0 Å². The highest BCUT2D eigenvalue weighted by Crippen LogP contribution is 2.28. The second-order valence-corrected chi connectivity index (χ2v) is 5.72. The summed E-state index contributed by atoms with van der Waals surface area (Å²) in [6, 6.07) is 0. The molecule has 102 valence electrons. The number of anilines is 1. The molecule has 1 fully saturated rings. The van der Waals surface area contributed by atoms with Crippen LogP contribution in [0.15, 0.2) is 12.4 Å². The molecule has 0 spiro atoms. The van der Waals surface area contributed by atoms with Crippen LogP contribution in [0.3, 0.4) is 0 Å². The molecule has 5 heteroatoms. The minimum Gasteiger partial charge on any atom is -0.367 e. The second kappa shape index (κ2) is 5.15. The van der Waals surface area contributed by atoms with E-state index in [1.165, 1.54) is 25.7 Å². The fraction of sp³-hybridized carbons (Fsp3) is 0.643. The van der Waals surface area contributed by atoms with Gasteiger partial charge in [0.05, 0.1) is 0 Å². The van der Waals surface area contributed by atoms with Crippen LogP contribution in [0.1, 0.15) is 38.4 Å². The third-order valence-corrected chi connectivity index (χ3v) is 4.19. The zero-order valence-corrected chi connectivity index (χ0v) is 11.6. The van der Waals surface area contributed by atoms with Gasteiger partial charge in [0.2, 0.25) is 5.65 Å². The minimum atomic E-state index is 0.766. The van der Waals surface area contributed by atoms with Gasteiger partial charge in [0.1, 0.15) is 5.82 Å². The minimum absolute atomic E-state index is 0.766. The zero-order valence-electron chi connectivity index (χ0n) is 11.6. The summed E-state index contributed by atoms with van der Waals surface area (Å²) >= 11 is 0. The molecule has 0 atom stereocenters. The van der Waals surface area contributed by atoms with Crippen molar-refractivity contribution in [3.8, 4) is 0 Å². The molecule has 5 nitrogen and oxygen atoms in total. The van der Waals surface area contributed by atoms with E-state index in [1.807, 2.05) is 17.5 Å². The molecule has 19 heavy (non-hydrogen) atoms. The lowest BCUT2D eigenvalue weighted by atomic mass is 9.83. The number of nitrogens with one attached hydrogen (secondary N) is 1. The first-order valence-electron chi connectivity index (χ1n) is 7.14. The van der Waals surface area contributed by atoms with Crippen molar-refractivity contribution in [2.75, 3.05) is 11.9 Å². The first kappa shape index (κ1) is 12.4. The number of hydrogen-bond acceptors (Lipinski definition) is 4. The van der Waals surface area contributed by atoms with Crippen LogP contribution in [-0.4, -0.2) is 26.1 Å². The highest BCUT2D eigenvalue weighted by atomic mass is 15.3. The van der Waals surface area contributed by atoms with E-state index in [-0.39, 0.29) is 0 Å². The van der Waals surface area contributed by atoms with Crippen LogP contribution in [0.4, 0.5) is 5.82 Å². The number of nitrogens with zero attached hydrogens (tertiary/aromatic N) is 4. The van der Waals surface area contributed by atoms with E-state index >= 15 is 0 Å². The molecule has 3 rings (SSSR count). The summed E-state index contributed by atoms with van der Waals surface area (Å²) in [4.78, 5) is 4.39. The van der Waals surface area contributed by atoms with Crippen LogP contribution < -0.4 is 5.32 Å². The molecule has 0 radical (unpaired) electrons. The standard InChI is InChI=1S/C14H21N5/c1-10-3-5-12(6-4-10)9-16-13-14-18-17-11(2)19(14)8-7-15-13/h7-8,10,12H,3-6,9H2,1-2H3,(H,15,16). The monoisotopic (exact) mass is 259 g/mol.